The van der Waals surface area contributed by atoms with Crippen LogP contribution in [-0.4, -0.2) is 60.4 Å². The topological polar surface area (TPSA) is 74.7 Å². The van der Waals surface area contributed by atoms with E-state index in [9.17, 15) is 4.79 Å². The van der Waals surface area contributed by atoms with Gasteiger partial charge in [0, 0.05) is 19.6 Å². The number of nitrogens with one attached hydrogen (secondary N) is 1. The molecule has 1 unspecified atom stereocenters. The average Bonchev–Trinajstić information content (AvgIpc) is 2.37. The lowest BCUT2D eigenvalue weighted by molar-refractivity contribution is -0.0117. The third-order valence-corrected chi connectivity index (χ3v) is 2.82. The molecule has 0 amide bonds. The first kappa shape index (κ1) is 12.8. The quantitative estimate of drug-likeness (QED) is 0.812. The van der Waals surface area contributed by atoms with E-state index in [1.54, 1.807) is 12.1 Å². The van der Waals surface area contributed by atoms with Crippen molar-refractivity contribution in [1.29, 1.82) is 0 Å². The Kier molecular flexibility index (Phi) is 4.11. The number of carboxylic acids is 1. The van der Waals surface area contributed by atoms with E-state index in [2.05, 4.69) is 22.2 Å². The lowest BCUT2D eigenvalue weighted by atomic mass is 10.3. The number of ether oxygens (including phenoxy) is 1. The predicted octanol–water partition coefficient (Wildman–Crippen LogP) is 0.522. The summed E-state index contributed by atoms with van der Waals surface area (Å²) in [4.78, 5) is 17.0. The van der Waals surface area contributed by atoms with Gasteiger partial charge in [-0.25, -0.2) is 9.78 Å². The normalized spacial score (nSPS) is 20.6. The van der Waals surface area contributed by atoms with Crippen LogP contribution < -0.4 is 5.32 Å². The largest absolute Gasteiger partial charge is 0.477 e. The first-order chi connectivity index (χ1) is 8.65. The summed E-state index contributed by atoms with van der Waals surface area (Å²) < 4.78 is 5.60. The van der Waals surface area contributed by atoms with Crippen molar-refractivity contribution in [3.05, 3.63) is 23.9 Å². The van der Waals surface area contributed by atoms with Crippen LogP contribution in [0.4, 0.5) is 5.82 Å². The summed E-state index contributed by atoms with van der Waals surface area (Å²) in [7, 11) is 2.05. The molecular weight excluding hydrogens is 234 g/mol. The Balaban J connectivity index is 1.89. The van der Waals surface area contributed by atoms with Gasteiger partial charge in [0.25, 0.3) is 0 Å². The standard InChI is InChI=1S/C12H17N3O3/c1-15-5-6-18-9(8-15)7-13-11-4-2-3-10(14-11)12(16)17/h2-4,9H,5-8H2,1H3,(H,13,14)(H,16,17). The van der Waals surface area contributed by atoms with Crippen molar-refractivity contribution in [3.63, 3.8) is 0 Å². The minimum Gasteiger partial charge on any atom is -0.477 e. The summed E-state index contributed by atoms with van der Waals surface area (Å²) in [6.45, 7) is 3.17. The van der Waals surface area contributed by atoms with Crippen LogP contribution in [0.25, 0.3) is 0 Å². The molecule has 6 nitrogen and oxygen atoms in total. The minimum absolute atomic E-state index is 0.0432. The second kappa shape index (κ2) is 5.79. The van der Waals surface area contributed by atoms with Crippen molar-refractivity contribution in [2.45, 2.75) is 6.10 Å². The van der Waals surface area contributed by atoms with E-state index in [1.807, 2.05) is 0 Å². The second-order valence-electron chi connectivity index (χ2n) is 4.35. The number of aromatic nitrogens is 1. The van der Waals surface area contributed by atoms with Crippen molar-refractivity contribution in [3.8, 4) is 0 Å². The molecule has 0 saturated carbocycles. The second-order valence-corrected chi connectivity index (χ2v) is 4.35. The Bertz CT molecular complexity index is 425. The van der Waals surface area contributed by atoms with Gasteiger partial charge in [0.05, 0.1) is 12.7 Å². The summed E-state index contributed by atoms with van der Waals surface area (Å²) in [5.41, 5.74) is 0.0432. The molecule has 0 spiro atoms. The molecule has 1 fully saturated rings. The highest BCUT2D eigenvalue weighted by molar-refractivity contribution is 5.85. The lowest BCUT2D eigenvalue weighted by Gasteiger charge is -2.30. The van der Waals surface area contributed by atoms with Gasteiger partial charge in [0.1, 0.15) is 5.82 Å². The summed E-state index contributed by atoms with van der Waals surface area (Å²) >= 11 is 0. The van der Waals surface area contributed by atoms with Gasteiger partial charge < -0.3 is 20.1 Å². The van der Waals surface area contributed by atoms with E-state index in [-0.39, 0.29) is 11.8 Å². The van der Waals surface area contributed by atoms with Crippen LogP contribution in [0.1, 0.15) is 10.5 Å². The fourth-order valence-corrected chi connectivity index (χ4v) is 1.86. The van der Waals surface area contributed by atoms with Gasteiger partial charge in [-0.3, -0.25) is 0 Å². The molecule has 0 bridgehead atoms. The van der Waals surface area contributed by atoms with Crippen molar-refractivity contribution < 1.29 is 14.6 Å². The molecule has 0 aromatic carbocycles. The van der Waals surface area contributed by atoms with E-state index < -0.39 is 5.97 Å². The zero-order valence-corrected chi connectivity index (χ0v) is 10.3. The van der Waals surface area contributed by atoms with Crippen LogP contribution in [0.5, 0.6) is 0 Å². The van der Waals surface area contributed by atoms with Gasteiger partial charge in [0.2, 0.25) is 0 Å². The number of carboxylic acid groups (broad SMARTS) is 1. The fraction of sp³-hybridized carbons (Fsp3) is 0.500. The van der Waals surface area contributed by atoms with Crippen LogP contribution in [0, 0.1) is 0 Å². The predicted molar refractivity (Wildman–Crippen MR) is 66.9 cm³/mol. The number of hydrogen-bond donors (Lipinski definition) is 2. The van der Waals surface area contributed by atoms with Crippen molar-refractivity contribution in [2.24, 2.45) is 0 Å². The summed E-state index contributed by atoms with van der Waals surface area (Å²) in [5, 5.41) is 11.9. The molecule has 6 heteroatoms. The van der Waals surface area contributed by atoms with Crippen LogP contribution in [0.15, 0.2) is 18.2 Å². The Morgan fingerprint density at radius 2 is 2.50 bits per heavy atom. The van der Waals surface area contributed by atoms with E-state index >= 15 is 0 Å². The summed E-state index contributed by atoms with van der Waals surface area (Å²) in [5.74, 6) is -0.459. The molecule has 0 aliphatic carbocycles. The Labute approximate surface area is 106 Å². The Hall–Kier alpha value is -1.66. The van der Waals surface area contributed by atoms with Gasteiger partial charge in [0.15, 0.2) is 5.69 Å². The smallest absolute Gasteiger partial charge is 0.354 e. The first-order valence-electron chi connectivity index (χ1n) is 5.89. The molecule has 1 aliphatic rings. The SMILES string of the molecule is CN1CCOC(CNc2cccc(C(=O)O)n2)C1. The molecule has 2 N–H and O–H groups in total. The third kappa shape index (κ3) is 3.41. The molecule has 98 valence electrons. The van der Waals surface area contributed by atoms with E-state index in [0.29, 0.717) is 12.4 Å². The van der Waals surface area contributed by atoms with E-state index in [0.717, 1.165) is 19.7 Å². The average molecular weight is 251 g/mol. The maximum atomic E-state index is 10.8. The number of pyridine rings is 1. The number of morpholine rings is 1. The third-order valence-electron chi connectivity index (χ3n) is 2.82. The monoisotopic (exact) mass is 251 g/mol. The molecule has 1 saturated heterocycles. The summed E-state index contributed by atoms with van der Waals surface area (Å²) in [6.07, 6.45) is 0.110. The Morgan fingerprint density at radius 1 is 1.67 bits per heavy atom. The highest BCUT2D eigenvalue weighted by Crippen LogP contribution is 2.07. The molecule has 2 rings (SSSR count). The molecule has 18 heavy (non-hydrogen) atoms. The number of hydrogen-bond acceptors (Lipinski definition) is 5. The highest BCUT2D eigenvalue weighted by Gasteiger charge is 2.17. The molecule has 1 aromatic rings. The van der Waals surface area contributed by atoms with E-state index in [4.69, 9.17) is 9.84 Å². The van der Waals surface area contributed by atoms with Crippen LogP contribution >= 0.6 is 0 Å². The fourth-order valence-electron chi connectivity index (χ4n) is 1.86. The zero-order valence-electron chi connectivity index (χ0n) is 10.3. The van der Waals surface area contributed by atoms with Crippen molar-refractivity contribution in [1.82, 2.24) is 9.88 Å². The molecule has 1 aromatic heterocycles. The number of rotatable bonds is 4. The molecule has 0 radical (unpaired) electrons. The zero-order chi connectivity index (χ0) is 13.0. The van der Waals surface area contributed by atoms with E-state index in [1.165, 1.54) is 6.07 Å². The maximum Gasteiger partial charge on any atom is 0.354 e. The summed E-state index contributed by atoms with van der Waals surface area (Å²) in [6, 6.07) is 4.89. The van der Waals surface area contributed by atoms with Crippen LogP contribution in [0.3, 0.4) is 0 Å². The van der Waals surface area contributed by atoms with Crippen molar-refractivity contribution in [2.75, 3.05) is 38.6 Å². The highest BCUT2D eigenvalue weighted by atomic mass is 16.5. The number of nitrogens with zero attached hydrogens (tertiary/aromatic N) is 2. The lowest BCUT2D eigenvalue weighted by Crippen LogP contribution is -2.43. The van der Waals surface area contributed by atoms with Gasteiger partial charge in [-0.05, 0) is 19.2 Å². The maximum absolute atomic E-state index is 10.8. The van der Waals surface area contributed by atoms with Gasteiger partial charge in [-0.1, -0.05) is 6.07 Å². The Morgan fingerprint density at radius 3 is 3.22 bits per heavy atom. The first-order valence-corrected chi connectivity index (χ1v) is 5.89. The van der Waals surface area contributed by atoms with Crippen LogP contribution in [0.2, 0.25) is 0 Å². The molecule has 1 aliphatic heterocycles. The van der Waals surface area contributed by atoms with Crippen LogP contribution in [-0.2, 0) is 4.74 Å². The minimum atomic E-state index is -1.02. The number of aromatic carboxylic acids is 1. The number of carbonyl (C=O) groups is 1. The van der Waals surface area contributed by atoms with Gasteiger partial charge >= 0.3 is 5.97 Å². The number of anilines is 1. The van der Waals surface area contributed by atoms with Gasteiger partial charge in [-0.15, -0.1) is 0 Å². The molecule has 2 heterocycles. The molecule has 1 atom stereocenters. The van der Waals surface area contributed by atoms with Crippen molar-refractivity contribution >= 4 is 11.8 Å². The van der Waals surface area contributed by atoms with Gasteiger partial charge in [-0.2, -0.15) is 0 Å². The molecular formula is C12H17N3O3. The number of likely N-dealkylation sites (N-methyl/N-ethyl adjacent to an activating group) is 1.